The highest BCUT2D eigenvalue weighted by atomic mass is 19.1. The van der Waals surface area contributed by atoms with Crippen LogP contribution >= 0.6 is 0 Å². The van der Waals surface area contributed by atoms with Gasteiger partial charge in [-0.05, 0) is 51.0 Å². The maximum Gasteiger partial charge on any atom is 0.317 e. The van der Waals surface area contributed by atoms with Gasteiger partial charge in [-0.3, -0.25) is 9.48 Å². The summed E-state index contributed by atoms with van der Waals surface area (Å²) in [4.78, 5) is 25.0. The number of piperazine rings is 1. The van der Waals surface area contributed by atoms with E-state index in [0.29, 0.717) is 47.1 Å². The number of halogens is 1. The van der Waals surface area contributed by atoms with E-state index >= 15 is 0 Å². The van der Waals surface area contributed by atoms with Crippen molar-refractivity contribution in [2.45, 2.75) is 57.4 Å². The van der Waals surface area contributed by atoms with Crippen molar-refractivity contribution in [2.75, 3.05) is 23.3 Å². The normalized spacial score (nSPS) is 23.5. The van der Waals surface area contributed by atoms with Crippen LogP contribution in [-0.2, 0) is 7.05 Å². The topological polar surface area (TPSA) is 117 Å². The molecule has 11 heteroatoms. The summed E-state index contributed by atoms with van der Waals surface area (Å²) in [6.07, 6.45) is 4.74. The quantitative estimate of drug-likeness (QED) is 0.358. The lowest BCUT2D eigenvalue weighted by molar-refractivity contribution is 0.102. The molecule has 2 aromatic heterocycles. The number of rotatable bonds is 5. The molecule has 204 valence electrons. The third-order valence-electron chi connectivity index (χ3n) is 7.41. The standard InChI is InChI=1S/C28H32FN7O3/c1-15-12-36(13-16(2)31-15)24-7-6-21(26-22(24)11-30-28(33-26)39-20-5-4-19(37)10-20)27(38)32-18-8-17-14-35(3)34-25(17)23(29)9-18/h6-9,11,14-16,19-20,31,37H,4-5,10,12-13H2,1-3H3,(H,32,38)/t15-,16+,19-,20-/m0/s1. The van der Waals surface area contributed by atoms with Crippen molar-refractivity contribution >= 4 is 39.1 Å². The number of aliphatic hydroxyl groups excluding tert-OH is 1. The van der Waals surface area contributed by atoms with Gasteiger partial charge in [-0.25, -0.2) is 9.37 Å². The van der Waals surface area contributed by atoms with Crippen LogP contribution in [0, 0.1) is 5.82 Å². The SMILES string of the molecule is C[C@@H]1CN(c2ccc(C(=O)Nc3cc(F)c4nn(C)cc4c3)c3nc(O[C@H]4CC[C@H](O)C4)ncc23)C[C@H](C)N1. The highest BCUT2D eigenvalue weighted by molar-refractivity contribution is 6.14. The summed E-state index contributed by atoms with van der Waals surface area (Å²) in [7, 11) is 1.72. The number of hydrogen-bond donors (Lipinski definition) is 3. The number of aromatic nitrogens is 4. The van der Waals surface area contributed by atoms with Crippen LogP contribution in [-0.4, -0.2) is 68.1 Å². The molecule has 39 heavy (non-hydrogen) atoms. The third kappa shape index (κ3) is 5.11. The zero-order chi connectivity index (χ0) is 27.3. The number of carbonyl (C=O) groups is 1. The number of aliphatic hydroxyl groups is 1. The molecule has 0 spiro atoms. The lowest BCUT2D eigenvalue weighted by atomic mass is 10.0. The first kappa shape index (κ1) is 25.4. The molecule has 2 aliphatic rings. The molecule has 3 heterocycles. The largest absolute Gasteiger partial charge is 0.460 e. The number of aryl methyl sites for hydroxylation is 1. The van der Waals surface area contributed by atoms with Gasteiger partial charge in [0.1, 0.15) is 11.6 Å². The van der Waals surface area contributed by atoms with E-state index < -0.39 is 17.8 Å². The van der Waals surface area contributed by atoms with E-state index in [9.17, 15) is 14.3 Å². The third-order valence-corrected chi connectivity index (χ3v) is 7.41. The average molecular weight is 534 g/mol. The van der Waals surface area contributed by atoms with Crippen LogP contribution in [0.1, 0.15) is 43.5 Å². The van der Waals surface area contributed by atoms with Gasteiger partial charge in [-0.15, -0.1) is 0 Å². The van der Waals surface area contributed by atoms with Crippen molar-refractivity contribution in [3.05, 3.63) is 48.0 Å². The number of nitrogens with zero attached hydrogens (tertiary/aromatic N) is 5. The Hall–Kier alpha value is -3.83. The van der Waals surface area contributed by atoms with Gasteiger partial charge in [0.15, 0.2) is 5.82 Å². The van der Waals surface area contributed by atoms with Gasteiger partial charge in [-0.1, -0.05) is 0 Å². The molecule has 1 aliphatic heterocycles. The summed E-state index contributed by atoms with van der Waals surface area (Å²) in [5, 5.41) is 21.7. The van der Waals surface area contributed by atoms with Gasteiger partial charge >= 0.3 is 6.01 Å². The van der Waals surface area contributed by atoms with E-state index in [1.807, 2.05) is 6.07 Å². The van der Waals surface area contributed by atoms with Crippen molar-refractivity contribution < 1.29 is 19.0 Å². The molecule has 1 amide bonds. The van der Waals surface area contributed by atoms with E-state index in [1.54, 1.807) is 31.6 Å². The molecule has 0 bridgehead atoms. The minimum atomic E-state index is -0.512. The Morgan fingerprint density at radius 1 is 1.18 bits per heavy atom. The molecule has 1 saturated carbocycles. The number of benzene rings is 2. The van der Waals surface area contributed by atoms with Crippen LogP contribution in [0.15, 0.2) is 36.7 Å². The minimum absolute atomic E-state index is 0.165. The number of nitrogens with one attached hydrogen (secondary N) is 2. The summed E-state index contributed by atoms with van der Waals surface area (Å²) in [5.41, 5.74) is 2.29. The first-order chi connectivity index (χ1) is 18.7. The van der Waals surface area contributed by atoms with Crippen molar-refractivity contribution in [1.82, 2.24) is 25.1 Å². The Morgan fingerprint density at radius 3 is 2.72 bits per heavy atom. The molecule has 2 aromatic carbocycles. The number of fused-ring (bicyclic) bond motifs is 2. The fourth-order valence-corrected chi connectivity index (χ4v) is 5.78. The van der Waals surface area contributed by atoms with Gasteiger partial charge < -0.3 is 25.4 Å². The number of anilines is 2. The van der Waals surface area contributed by atoms with Gasteiger partial charge in [0.25, 0.3) is 5.91 Å². The zero-order valence-electron chi connectivity index (χ0n) is 22.2. The highest BCUT2D eigenvalue weighted by Gasteiger charge is 2.27. The van der Waals surface area contributed by atoms with Crippen molar-refractivity contribution in [3.63, 3.8) is 0 Å². The summed E-state index contributed by atoms with van der Waals surface area (Å²) in [5.74, 6) is -0.931. The lowest BCUT2D eigenvalue weighted by Crippen LogP contribution is -2.54. The molecule has 4 aromatic rings. The Labute approximate surface area is 225 Å². The number of ether oxygens (including phenoxy) is 1. The highest BCUT2D eigenvalue weighted by Crippen LogP contribution is 2.32. The monoisotopic (exact) mass is 533 g/mol. The van der Waals surface area contributed by atoms with Crippen LogP contribution in [0.2, 0.25) is 0 Å². The maximum absolute atomic E-state index is 14.7. The number of carbonyl (C=O) groups excluding carboxylic acids is 1. The minimum Gasteiger partial charge on any atom is -0.460 e. The molecule has 0 radical (unpaired) electrons. The molecule has 6 rings (SSSR count). The van der Waals surface area contributed by atoms with Gasteiger partial charge in [-0.2, -0.15) is 10.1 Å². The summed E-state index contributed by atoms with van der Waals surface area (Å²) in [6, 6.07) is 7.38. The summed E-state index contributed by atoms with van der Waals surface area (Å²) < 4.78 is 22.2. The zero-order valence-corrected chi connectivity index (χ0v) is 22.2. The van der Waals surface area contributed by atoms with Crippen molar-refractivity contribution in [2.24, 2.45) is 7.05 Å². The molecule has 1 aliphatic carbocycles. The lowest BCUT2D eigenvalue weighted by Gasteiger charge is -2.38. The molecular formula is C28H32FN7O3. The second kappa shape index (κ2) is 10.0. The molecule has 3 N–H and O–H groups in total. The predicted octanol–water partition coefficient (Wildman–Crippen LogP) is 3.39. The van der Waals surface area contributed by atoms with Crippen LogP contribution in [0.4, 0.5) is 15.8 Å². The second-order valence-electron chi connectivity index (χ2n) is 10.8. The Morgan fingerprint density at radius 2 is 1.97 bits per heavy atom. The molecule has 2 fully saturated rings. The second-order valence-corrected chi connectivity index (χ2v) is 10.8. The van der Waals surface area contributed by atoms with E-state index in [2.05, 4.69) is 44.4 Å². The van der Waals surface area contributed by atoms with Crippen LogP contribution < -0.4 is 20.3 Å². The van der Waals surface area contributed by atoms with Crippen molar-refractivity contribution in [1.29, 1.82) is 0 Å². The van der Waals surface area contributed by atoms with Gasteiger partial charge in [0, 0.05) is 73.2 Å². The molecule has 10 nitrogen and oxygen atoms in total. The Kier molecular flexibility index (Phi) is 6.56. The van der Waals surface area contributed by atoms with E-state index in [-0.39, 0.29) is 17.6 Å². The molecule has 4 atom stereocenters. The molecule has 1 saturated heterocycles. The maximum atomic E-state index is 14.7. The van der Waals surface area contributed by atoms with Crippen LogP contribution in [0.25, 0.3) is 21.8 Å². The predicted molar refractivity (Wildman–Crippen MR) is 147 cm³/mol. The Balaban J connectivity index is 1.38. The van der Waals surface area contributed by atoms with Gasteiger partial charge in [0.05, 0.1) is 17.2 Å². The molecular weight excluding hydrogens is 501 g/mol. The summed E-state index contributed by atoms with van der Waals surface area (Å²) in [6.45, 7) is 5.88. The fourth-order valence-electron chi connectivity index (χ4n) is 5.78. The Bertz CT molecular complexity index is 1550. The van der Waals surface area contributed by atoms with Gasteiger partial charge in [0.2, 0.25) is 0 Å². The van der Waals surface area contributed by atoms with Crippen LogP contribution in [0.5, 0.6) is 6.01 Å². The van der Waals surface area contributed by atoms with E-state index in [1.165, 1.54) is 10.7 Å². The number of hydrogen-bond acceptors (Lipinski definition) is 8. The van der Waals surface area contributed by atoms with Crippen molar-refractivity contribution in [3.8, 4) is 6.01 Å². The van der Waals surface area contributed by atoms with E-state index in [4.69, 9.17) is 4.74 Å². The van der Waals surface area contributed by atoms with Crippen LogP contribution in [0.3, 0.4) is 0 Å². The first-order valence-electron chi connectivity index (χ1n) is 13.3. The first-order valence-corrected chi connectivity index (χ1v) is 13.3. The van der Waals surface area contributed by atoms with E-state index in [0.717, 1.165) is 30.6 Å². The smallest absolute Gasteiger partial charge is 0.317 e. The number of amides is 1. The average Bonchev–Trinajstić information content (AvgIpc) is 3.47. The molecule has 0 unspecified atom stereocenters. The fraction of sp³-hybridized carbons (Fsp3) is 0.429. The summed E-state index contributed by atoms with van der Waals surface area (Å²) >= 11 is 0.